The summed E-state index contributed by atoms with van der Waals surface area (Å²) >= 11 is 0. The maximum Gasteiger partial charge on any atom is 0.144 e. The summed E-state index contributed by atoms with van der Waals surface area (Å²) in [4.78, 5) is 0. The summed E-state index contributed by atoms with van der Waals surface area (Å²) in [5.74, 6) is 2.43. The van der Waals surface area contributed by atoms with E-state index < -0.39 is 0 Å². The molecule has 0 aromatic heterocycles. The predicted octanol–water partition coefficient (Wildman–Crippen LogP) is 3.90. The molecule has 1 aliphatic carbocycles. The Kier molecular flexibility index (Phi) is 4.56. The standard InChI is InChI=1S/C16H26N2O/c1-11(2)19-15-6-4-5-14(16(15)17)18-10-13-8-7-12(3)9-13/h4-6,11-13,18H,7-10,17H2,1-3H3. The van der Waals surface area contributed by atoms with E-state index >= 15 is 0 Å². The molecule has 1 fully saturated rings. The highest BCUT2D eigenvalue weighted by Crippen LogP contribution is 2.33. The fourth-order valence-electron chi connectivity index (χ4n) is 2.82. The SMILES string of the molecule is CC1CCC(CNc2cccc(OC(C)C)c2N)C1. The zero-order valence-electron chi connectivity index (χ0n) is 12.3. The van der Waals surface area contributed by atoms with Crippen LogP contribution in [0.15, 0.2) is 18.2 Å². The van der Waals surface area contributed by atoms with Gasteiger partial charge in [0.05, 0.1) is 17.5 Å². The third-order valence-corrected chi connectivity index (χ3v) is 3.81. The second kappa shape index (κ2) is 6.18. The molecular formula is C16H26N2O. The topological polar surface area (TPSA) is 47.3 Å². The molecule has 0 heterocycles. The minimum atomic E-state index is 0.147. The van der Waals surface area contributed by atoms with E-state index in [0.717, 1.165) is 35.5 Å². The van der Waals surface area contributed by atoms with Crippen LogP contribution in [0.4, 0.5) is 11.4 Å². The van der Waals surface area contributed by atoms with Crippen LogP contribution in [-0.2, 0) is 0 Å². The van der Waals surface area contributed by atoms with E-state index in [1.165, 1.54) is 19.3 Å². The number of rotatable bonds is 5. The van der Waals surface area contributed by atoms with Crippen molar-refractivity contribution in [3.05, 3.63) is 18.2 Å². The van der Waals surface area contributed by atoms with Crippen molar-refractivity contribution in [2.75, 3.05) is 17.6 Å². The van der Waals surface area contributed by atoms with Gasteiger partial charge in [-0.15, -0.1) is 0 Å². The zero-order chi connectivity index (χ0) is 13.8. The predicted molar refractivity (Wildman–Crippen MR) is 81.6 cm³/mol. The van der Waals surface area contributed by atoms with Gasteiger partial charge in [0, 0.05) is 6.54 Å². The van der Waals surface area contributed by atoms with Gasteiger partial charge >= 0.3 is 0 Å². The Morgan fingerprint density at radius 3 is 2.79 bits per heavy atom. The molecule has 0 amide bonds. The van der Waals surface area contributed by atoms with Crippen molar-refractivity contribution in [1.29, 1.82) is 0 Å². The van der Waals surface area contributed by atoms with Gasteiger partial charge in [-0.2, -0.15) is 0 Å². The van der Waals surface area contributed by atoms with Crippen LogP contribution in [0.25, 0.3) is 0 Å². The summed E-state index contributed by atoms with van der Waals surface area (Å²) in [7, 11) is 0. The molecule has 1 aromatic rings. The Balaban J connectivity index is 1.96. The summed E-state index contributed by atoms with van der Waals surface area (Å²) < 4.78 is 5.71. The highest BCUT2D eigenvalue weighted by atomic mass is 16.5. The van der Waals surface area contributed by atoms with E-state index in [0.29, 0.717) is 0 Å². The molecule has 1 aliphatic rings. The molecule has 106 valence electrons. The minimum Gasteiger partial charge on any atom is -0.489 e. The van der Waals surface area contributed by atoms with Gasteiger partial charge in [-0.1, -0.05) is 19.4 Å². The second-order valence-corrected chi connectivity index (χ2v) is 6.05. The van der Waals surface area contributed by atoms with E-state index in [1.54, 1.807) is 0 Å². The average Bonchev–Trinajstić information content (AvgIpc) is 2.76. The van der Waals surface area contributed by atoms with Gasteiger partial charge in [-0.25, -0.2) is 0 Å². The van der Waals surface area contributed by atoms with Crippen LogP contribution in [0, 0.1) is 11.8 Å². The summed E-state index contributed by atoms with van der Waals surface area (Å²) in [6, 6.07) is 5.95. The number of nitrogens with one attached hydrogen (secondary N) is 1. The van der Waals surface area contributed by atoms with Crippen LogP contribution in [-0.4, -0.2) is 12.6 Å². The van der Waals surface area contributed by atoms with Gasteiger partial charge in [0.15, 0.2) is 0 Å². The molecule has 1 aromatic carbocycles. The first-order valence-corrected chi connectivity index (χ1v) is 7.35. The lowest BCUT2D eigenvalue weighted by Crippen LogP contribution is -2.14. The second-order valence-electron chi connectivity index (χ2n) is 6.05. The summed E-state index contributed by atoms with van der Waals surface area (Å²) in [5, 5.41) is 3.48. The first-order valence-electron chi connectivity index (χ1n) is 7.35. The molecule has 3 heteroatoms. The molecule has 2 rings (SSSR count). The molecule has 2 unspecified atom stereocenters. The van der Waals surface area contributed by atoms with Crippen LogP contribution in [0.3, 0.4) is 0 Å². The fraction of sp³-hybridized carbons (Fsp3) is 0.625. The van der Waals surface area contributed by atoms with Crippen molar-refractivity contribution in [2.24, 2.45) is 11.8 Å². The molecule has 0 radical (unpaired) electrons. The molecule has 0 saturated heterocycles. The van der Waals surface area contributed by atoms with Crippen LogP contribution < -0.4 is 15.8 Å². The van der Waals surface area contributed by atoms with Gasteiger partial charge < -0.3 is 15.8 Å². The Labute approximate surface area is 116 Å². The van der Waals surface area contributed by atoms with Crippen molar-refractivity contribution < 1.29 is 4.74 Å². The zero-order valence-corrected chi connectivity index (χ0v) is 12.3. The van der Waals surface area contributed by atoms with E-state index in [9.17, 15) is 0 Å². The quantitative estimate of drug-likeness (QED) is 0.791. The highest BCUT2D eigenvalue weighted by Gasteiger charge is 2.21. The first kappa shape index (κ1) is 14.0. The number of hydrogen-bond acceptors (Lipinski definition) is 3. The number of nitrogens with two attached hydrogens (primary N) is 1. The highest BCUT2D eigenvalue weighted by molar-refractivity contribution is 5.72. The first-order chi connectivity index (χ1) is 9.06. The monoisotopic (exact) mass is 262 g/mol. The third-order valence-electron chi connectivity index (χ3n) is 3.81. The van der Waals surface area contributed by atoms with Gasteiger partial charge in [-0.3, -0.25) is 0 Å². The normalized spacial score (nSPS) is 22.7. The van der Waals surface area contributed by atoms with Crippen LogP contribution in [0.2, 0.25) is 0 Å². The van der Waals surface area contributed by atoms with E-state index in [2.05, 4.69) is 12.2 Å². The lowest BCUT2D eigenvalue weighted by atomic mass is 10.1. The van der Waals surface area contributed by atoms with Crippen molar-refractivity contribution in [3.8, 4) is 5.75 Å². The largest absolute Gasteiger partial charge is 0.489 e. The Hall–Kier alpha value is -1.38. The van der Waals surface area contributed by atoms with Gasteiger partial charge in [0.25, 0.3) is 0 Å². The van der Waals surface area contributed by atoms with Crippen molar-refractivity contribution in [1.82, 2.24) is 0 Å². The van der Waals surface area contributed by atoms with Crippen molar-refractivity contribution in [3.63, 3.8) is 0 Å². The molecule has 3 nitrogen and oxygen atoms in total. The Bertz CT molecular complexity index is 417. The summed E-state index contributed by atoms with van der Waals surface area (Å²) in [5.41, 5.74) is 7.88. The summed E-state index contributed by atoms with van der Waals surface area (Å²) in [6.07, 6.45) is 4.16. The average molecular weight is 262 g/mol. The molecule has 3 N–H and O–H groups in total. The summed E-state index contributed by atoms with van der Waals surface area (Å²) in [6.45, 7) is 7.38. The maximum absolute atomic E-state index is 6.16. The maximum atomic E-state index is 6.16. The number of anilines is 2. The number of nitrogen functional groups attached to an aromatic ring is 1. The van der Waals surface area contributed by atoms with E-state index in [-0.39, 0.29) is 6.10 Å². The van der Waals surface area contributed by atoms with Crippen LogP contribution in [0.1, 0.15) is 40.0 Å². The third kappa shape index (κ3) is 3.79. The van der Waals surface area contributed by atoms with Crippen LogP contribution >= 0.6 is 0 Å². The number of para-hydroxylation sites is 1. The van der Waals surface area contributed by atoms with E-state index in [1.807, 2.05) is 32.0 Å². The molecule has 19 heavy (non-hydrogen) atoms. The molecule has 0 bridgehead atoms. The van der Waals surface area contributed by atoms with E-state index in [4.69, 9.17) is 10.5 Å². The van der Waals surface area contributed by atoms with Crippen molar-refractivity contribution in [2.45, 2.75) is 46.1 Å². The van der Waals surface area contributed by atoms with Crippen LogP contribution in [0.5, 0.6) is 5.75 Å². The number of benzene rings is 1. The van der Waals surface area contributed by atoms with Gasteiger partial charge in [0.1, 0.15) is 5.75 Å². The molecule has 0 aliphatic heterocycles. The minimum absolute atomic E-state index is 0.147. The fourth-order valence-corrected chi connectivity index (χ4v) is 2.82. The molecule has 1 saturated carbocycles. The molecular weight excluding hydrogens is 236 g/mol. The lowest BCUT2D eigenvalue weighted by Gasteiger charge is -2.17. The van der Waals surface area contributed by atoms with Gasteiger partial charge in [-0.05, 0) is 50.7 Å². The number of hydrogen-bond donors (Lipinski definition) is 2. The van der Waals surface area contributed by atoms with Crippen molar-refractivity contribution >= 4 is 11.4 Å². The molecule has 2 atom stereocenters. The number of ether oxygens (including phenoxy) is 1. The Morgan fingerprint density at radius 2 is 2.16 bits per heavy atom. The molecule has 0 spiro atoms. The lowest BCUT2D eigenvalue weighted by molar-refractivity contribution is 0.244. The van der Waals surface area contributed by atoms with Gasteiger partial charge in [0.2, 0.25) is 0 Å². The Morgan fingerprint density at radius 1 is 1.37 bits per heavy atom. The smallest absolute Gasteiger partial charge is 0.144 e.